The van der Waals surface area contributed by atoms with Crippen LogP contribution in [0.5, 0.6) is 0 Å². The van der Waals surface area contributed by atoms with Gasteiger partial charge in [0.15, 0.2) is 0 Å². The molecule has 1 aromatic carbocycles. The normalized spacial score (nSPS) is 15.9. The van der Waals surface area contributed by atoms with E-state index in [2.05, 4.69) is 0 Å². The van der Waals surface area contributed by atoms with Crippen LogP contribution in [0.3, 0.4) is 0 Å². The summed E-state index contributed by atoms with van der Waals surface area (Å²) in [5, 5.41) is 14.5. The van der Waals surface area contributed by atoms with Crippen LogP contribution < -0.4 is 0 Å². The second-order valence-corrected chi connectivity index (χ2v) is 8.59. The molecule has 1 amide bonds. The van der Waals surface area contributed by atoms with E-state index in [-0.39, 0.29) is 29.6 Å². The molecule has 142 valence electrons. The average Bonchev–Trinajstić information content (AvgIpc) is 3.20. The first-order chi connectivity index (χ1) is 12.9. The van der Waals surface area contributed by atoms with E-state index < -0.39 is 14.9 Å². The Labute approximate surface area is 160 Å². The molecule has 0 saturated carbocycles. The number of carbonyl (C=O) groups excluding carboxylic acids is 1. The summed E-state index contributed by atoms with van der Waals surface area (Å²) in [6.07, 6.45) is 3.22. The maximum absolute atomic E-state index is 12.7. The molecular formula is C17H17N3O5S2. The molecule has 0 spiro atoms. The van der Waals surface area contributed by atoms with Gasteiger partial charge in [-0.25, -0.2) is 8.42 Å². The van der Waals surface area contributed by atoms with Crippen LogP contribution in [0.25, 0.3) is 6.08 Å². The molecule has 27 heavy (non-hydrogen) atoms. The molecular weight excluding hydrogens is 390 g/mol. The predicted molar refractivity (Wildman–Crippen MR) is 102 cm³/mol. The van der Waals surface area contributed by atoms with Crippen molar-refractivity contribution in [1.82, 2.24) is 9.21 Å². The fraction of sp³-hybridized carbons (Fsp3) is 0.235. The Hall–Kier alpha value is -2.56. The van der Waals surface area contributed by atoms with E-state index in [0.29, 0.717) is 13.1 Å². The Balaban J connectivity index is 1.62. The van der Waals surface area contributed by atoms with Crippen LogP contribution in [0.1, 0.15) is 5.56 Å². The Morgan fingerprint density at radius 2 is 1.78 bits per heavy atom. The Kier molecular flexibility index (Phi) is 5.68. The minimum Gasteiger partial charge on any atom is -0.337 e. The minimum atomic E-state index is -3.75. The van der Waals surface area contributed by atoms with Crippen LogP contribution in [0, 0.1) is 10.1 Å². The highest BCUT2D eigenvalue weighted by Gasteiger charge is 2.29. The van der Waals surface area contributed by atoms with Crippen LogP contribution in [0.15, 0.2) is 52.1 Å². The maximum Gasteiger partial charge on any atom is 0.269 e. The Bertz CT molecular complexity index is 945. The molecule has 3 rings (SSSR count). The number of non-ortho nitro benzene ring substituents is 1. The topological polar surface area (TPSA) is 101 Å². The number of nitrogens with zero attached hydrogens (tertiary/aromatic N) is 3. The number of sulfonamides is 1. The lowest BCUT2D eigenvalue weighted by Crippen LogP contribution is -2.50. The summed E-state index contributed by atoms with van der Waals surface area (Å²) in [7, 11) is -3.75. The van der Waals surface area contributed by atoms with Crippen LogP contribution >= 0.6 is 11.3 Å². The molecule has 0 aliphatic carbocycles. The minimum absolute atomic E-state index is 0.00484. The van der Waals surface area contributed by atoms with Gasteiger partial charge >= 0.3 is 0 Å². The van der Waals surface area contributed by atoms with Gasteiger partial charge in [0.25, 0.3) is 5.69 Å². The molecule has 0 unspecified atom stereocenters. The number of amides is 1. The monoisotopic (exact) mass is 407 g/mol. The van der Waals surface area contributed by atoms with Crippen molar-refractivity contribution in [1.29, 1.82) is 0 Å². The smallest absolute Gasteiger partial charge is 0.269 e. The molecule has 1 saturated heterocycles. The number of carbonyl (C=O) groups is 1. The third-order valence-corrected chi connectivity index (χ3v) is 6.81. The van der Waals surface area contributed by atoms with E-state index in [1.54, 1.807) is 22.3 Å². The van der Waals surface area contributed by atoms with E-state index in [0.717, 1.165) is 5.56 Å². The van der Waals surface area contributed by atoms with Gasteiger partial charge in [0.2, 0.25) is 15.9 Å². The third-order valence-electron chi connectivity index (χ3n) is 4.20. The van der Waals surface area contributed by atoms with Crippen molar-refractivity contribution < 1.29 is 18.1 Å². The highest BCUT2D eigenvalue weighted by atomic mass is 32.2. The van der Waals surface area contributed by atoms with Crippen molar-refractivity contribution in [2.75, 3.05) is 26.2 Å². The van der Waals surface area contributed by atoms with Crippen LogP contribution in [-0.2, 0) is 14.8 Å². The van der Waals surface area contributed by atoms with E-state index in [4.69, 9.17) is 0 Å². The van der Waals surface area contributed by atoms with Gasteiger partial charge in [0.1, 0.15) is 0 Å². The quantitative estimate of drug-likeness (QED) is 0.430. The fourth-order valence-corrected chi connectivity index (χ4v) is 4.73. The van der Waals surface area contributed by atoms with Gasteiger partial charge in [0.05, 0.1) is 9.82 Å². The number of nitro groups is 1. The number of rotatable bonds is 5. The molecule has 0 bridgehead atoms. The molecule has 0 atom stereocenters. The maximum atomic E-state index is 12.7. The molecule has 1 aliphatic rings. The van der Waals surface area contributed by atoms with Gasteiger partial charge in [-0.15, -0.1) is 0 Å². The molecule has 2 heterocycles. The van der Waals surface area contributed by atoms with Crippen LogP contribution in [-0.4, -0.2) is 54.6 Å². The van der Waals surface area contributed by atoms with Gasteiger partial charge < -0.3 is 4.90 Å². The predicted octanol–water partition coefficient (Wildman–Crippen LogP) is 2.20. The highest BCUT2D eigenvalue weighted by Crippen LogP contribution is 2.21. The van der Waals surface area contributed by atoms with Crippen molar-refractivity contribution >= 4 is 39.0 Å². The van der Waals surface area contributed by atoms with Gasteiger partial charge in [-0.1, -0.05) is 0 Å². The van der Waals surface area contributed by atoms with Crippen LogP contribution in [0.2, 0.25) is 0 Å². The molecule has 10 heteroatoms. The first kappa shape index (κ1) is 19.2. The second-order valence-electron chi connectivity index (χ2n) is 5.87. The van der Waals surface area contributed by atoms with Crippen molar-refractivity contribution in [3.05, 3.63) is 62.8 Å². The van der Waals surface area contributed by atoms with Crippen molar-refractivity contribution in [3.63, 3.8) is 0 Å². The van der Waals surface area contributed by atoms with Crippen molar-refractivity contribution in [2.45, 2.75) is 4.90 Å². The number of benzene rings is 1. The van der Waals surface area contributed by atoms with Gasteiger partial charge in [-0.05, 0) is 40.6 Å². The number of hydrogen-bond donors (Lipinski definition) is 0. The zero-order valence-corrected chi connectivity index (χ0v) is 15.9. The SMILES string of the molecule is O=C(C=Cc1ccsc1)N1CCN(S(=O)(=O)c2ccc([N+](=O)[O-])cc2)CC1. The van der Waals surface area contributed by atoms with Gasteiger partial charge in [-0.2, -0.15) is 15.6 Å². The molecule has 0 radical (unpaired) electrons. The van der Waals surface area contributed by atoms with E-state index in [9.17, 15) is 23.3 Å². The summed E-state index contributed by atoms with van der Waals surface area (Å²) in [4.78, 5) is 24.0. The number of nitro benzene ring substituents is 1. The molecule has 1 aliphatic heterocycles. The number of hydrogen-bond acceptors (Lipinski definition) is 6. The van der Waals surface area contributed by atoms with Gasteiger partial charge in [0, 0.05) is 44.4 Å². The summed E-state index contributed by atoms with van der Waals surface area (Å²) >= 11 is 1.54. The van der Waals surface area contributed by atoms with Crippen LogP contribution in [0.4, 0.5) is 5.69 Å². The summed E-state index contributed by atoms with van der Waals surface area (Å²) in [6, 6.07) is 6.70. The van der Waals surface area contributed by atoms with E-state index in [1.165, 1.54) is 34.6 Å². The van der Waals surface area contributed by atoms with Crippen molar-refractivity contribution in [2.24, 2.45) is 0 Å². The highest BCUT2D eigenvalue weighted by molar-refractivity contribution is 7.89. The Morgan fingerprint density at radius 3 is 2.33 bits per heavy atom. The third kappa shape index (κ3) is 4.41. The lowest BCUT2D eigenvalue weighted by molar-refractivity contribution is -0.384. The number of piperazine rings is 1. The molecule has 1 fully saturated rings. The molecule has 1 aromatic heterocycles. The molecule has 2 aromatic rings. The van der Waals surface area contributed by atoms with E-state index in [1.807, 2.05) is 16.8 Å². The van der Waals surface area contributed by atoms with E-state index >= 15 is 0 Å². The zero-order valence-electron chi connectivity index (χ0n) is 14.2. The summed E-state index contributed by atoms with van der Waals surface area (Å²) < 4.78 is 26.6. The first-order valence-electron chi connectivity index (χ1n) is 8.12. The summed E-state index contributed by atoms with van der Waals surface area (Å²) in [5.41, 5.74) is 0.787. The lowest BCUT2D eigenvalue weighted by atomic mass is 10.3. The largest absolute Gasteiger partial charge is 0.337 e. The average molecular weight is 407 g/mol. The molecule has 8 nitrogen and oxygen atoms in total. The summed E-state index contributed by atoms with van der Waals surface area (Å²) in [5.74, 6) is -0.159. The van der Waals surface area contributed by atoms with Gasteiger partial charge in [-0.3, -0.25) is 14.9 Å². The second kappa shape index (κ2) is 7.99. The zero-order chi connectivity index (χ0) is 19.4. The summed E-state index contributed by atoms with van der Waals surface area (Å²) in [6.45, 7) is 0.937. The standard InChI is InChI=1S/C17H17N3O5S2/c21-17(6-1-14-7-12-26-13-14)18-8-10-19(11-9-18)27(24,25)16-4-2-15(3-5-16)20(22)23/h1-7,12-13H,8-11H2. The lowest BCUT2D eigenvalue weighted by Gasteiger charge is -2.33. The first-order valence-corrected chi connectivity index (χ1v) is 10.5. The number of thiophene rings is 1. The molecule has 0 N–H and O–H groups in total. The van der Waals surface area contributed by atoms with Crippen molar-refractivity contribution in [3.8, 4) is 0 Å². The Morgan fingerprint density at radius 1 is 1.11 bits per heavy atom. The fourth-order valence-electron chi connectivity index (χ4n) is 2.68.